The molecule has 2 heterocycles. The van der Waals surface area contributed by atoms with Crippen molar-refractivity contribution in [2.45, 2.75) is 0 Å². The first kappa shape index (κ1) is 11.5. The SMILES string of the molecule is Brc1ccc(-c2cn[nH]c2Oc2ccccc2)s1. The van der Waals surface area contributed by atoms with E-state index in [1.807, 2.05) is 42.5 Å². The molecular weight excluding hydrogens is 312 g/mol. The van der Waals surface area contributed by atoms with Crippen molar-refractivity contribution in [2.24, 2.45) is 0 Å². The van der Waals surface area contributed by atoms with E-state index in [2.05, 4.69) is 26.1 Å². The molecule has 3 aromatic rings. The number of benzene rings is 1. The van der Waals surface area contributed by atoms with E-state index in [0.29, 0.717) is 5.88 Å². The molecule has 18 heavy (non-hydrogen) atoms. The number of hydrogen-bond donors (Lipinski definition) is 1. The van der Waals surface area contributed by atoms with Crippen LogP contribution >= 0.6 is 27.3 Å². The first-order valence-electron chi connectivity index (χ1n) is 5.35. The molecule has 0 radical (unpaired) electrons. The van der Waals surface area contributed by atoms with Gasteiger partial charge < -0.3 is 4.74 Å². The molecule has 2 aromatic heterocycles. The van der Waals surface area contributed by atoms with Gasteiger partial charge in [-0.3, -0.25) is 0 Å². The molecule has 0 saturated carbocycles. The topological polar surface area (TPSA) is 37.9 Å². The highest BCUT2D eigenvalue weighted by atomic mass is 79.9. The number of nitrogens with zero attached hydrogens (tertiary/aromatic N) is 1. The van der Waals surface area contributed by atoms with Crippen LogP contribution in [0.4, 0.5) is 0 Å². The van der Waals surface area contributed by atoms with Gasteiger partial charge in [0.25, 0.3) is 0 Å². The van der Waals surface area contributed by atoms with Gasteiger partial charge in [0.05, 0.1) is 15.5 Å². The third-order valence-corrected chi connectivity index (χ3v) is 4.06. The van der Waals surface area contributed by atoms with E-state index in [0.717, 1.165) is 20.0 Å². The first-order valence-corrected chi connectivity index (χ1v) is 6.96. The van der Waals surface area contributed by atoms with Crippen molar-refractivity contribution >= 4 is 27.3 Å². The molecule has 0 fully saturated rings. The molecule has 0 atom stereocenters. The summed E-state index contributed by atoms with van der Waals surface area (Å²) in [7, 11) is 0. The van der Waals surface area contributed by atoms with Crippen LogP contribution in [0.25, 0.3) is 10.4 Å². The Morgan fingerprint density at radius 2 is 1.94 bits per heavy atom. The Labute approximate surface area is 117 Å². The average molecular weight is 321 g/mol. The third-order valence-electron chi connectivity index (χ3n) is 2.41. The lowest BCUT2D eigenvalue weighted by molar-refractivity contribution is 0.463. The molecule has 0 bridgehead atoms. The van der Waals surface area contributed by atoms with Crippen LogP contribution in [0.15, 0.2) is 52.4 Å². The number of thiophene rings is 1. The number of halogens is 1. The second-order valence-electron chi connectivity index (χ2n) is 3.63. The van der Waals surface area contributed by atoms with Crippen molar-refractivity contribution in [3.05, 3.63) is 52.4 Å². The predicted molar refractivity (Wildman–Crippen MR) is 76.1 cm³/mol. The van der Waals surface area contributed by atoms with E-state index in [9.17, 15) is 0 Å². The maximum Gasteiger partial charge on any atom is 0.223 e. The van der Waals surface area contributed by atoms with Gasteiger partial charge in [0, 0.05) is 4.88 Å². The molecule has 0 aliphatic carbocycles. The van der Waals surface area contributed by atoms with Gasteiger partial charge in [0.15, 0.2) is 0 Å². The Hall–Kier alpha value is -1.59. The molecule has 0 aliphatic heterocycles. The number of hydrogen-bond acceptors (Lipinski definition) is 3. The van der Waals surface area contributed by atoms with E-state index in [1.165, 1.54) is 0 Å². The molecule has 3 rings (SSSR count). The minimum Gasteiger partial charge on any atom is -0.439 e. The quantitative estimate of drug-likeness (QED) is 0.760. The number of nitrogens with one attached hydrogen (secondary N) is 1. The smallest absolute Gasteiger partial charge is 0.223 e. The summed E-state index contributed by atoms with van der Waals surface area (Å²) in [5, 5.41) is 6.93. The van der Waals surface area contributed by atoms with Crippen molar-refractivity contribution in [3.8, 4) is 22.1 Å². The second kappa shape index (κ2) is 4.96. The van der Waals surface area contributed by atoms with Crippen LogP contribution in [-0.2, 0) is 0 Å². The molecule has 0 spiro atoms. The summed E-state index contributed by atoms with van der Waals surface area (Å²) in [5.74, 6) is 1.45. The van der Waals surface area contributed by atoms with Crippen molar-refractivity contribution in [1.82, 2.24) is 10.2 Å². The number of ether oxygens (including phenoxy) is 1. The van der Waals surface area contributed by atoms with Gasteiger partial charge in [0.2, 0.25) is 5.88 Å². The molecule has 1 aromatic carbocycles. The van der Waals surface area contributed by atoms with Crippen LogP contribution in [0.1, 0.15) is 0 Å². The Morgan fingerprint density at radius 1 is 1.11 bits per heavy atom. The summed E-state index contributed by atoms with van der Waals surface area (Å²) >= 11 is 5.10. The van der Waals surface area contributed by atoms with Crippen LogP contribution < -0.4 is 4.74 Å². The maximum absolute atomic E-state index is 5.79. The highest BCUT2D eigenvalue weighted by Gasteiger charge is 2.11. The van der Waals surface area contributed by atoms with Crippen molar-refractivity contribution in [1.29, 1.82) is 0 Å². The summed E-state index contributed by atoms with van der Waals surface area (Å²) in [6.45, 7) is 0. The highest BCUT2D eigenvalue weighted by molar-refractivity contribution is 9.11. The molecular formula is C13H9BrN2OS. The molecule has 90 valence electrons. The van der Waals surface area contributed by atoms with Crippen molar-refractivity contribution in [2.75, 3.05) is 0 Å². The largest absolute Gasteiger partial charge is 0.439 e. The lowest BCUT2D eigenvalue weighted by Crippen LogP contribution is -1.85. The minimum atomic E-state index is 0.663. The Kier molecular flexibility index (Phi) is 3.17. The van der Waals surface area contributed by atoms with E-state index >= 15 is 0 Å². The Bertz CT molecular complexity index is 648. The molecule has 0 saturated heterocycles. The van der Waals surface area contributed by atoms with E-state index < -0.39 is 0 Å². The van der Waals surface area contributed by atoms with Gasteiger partial charge in [-0.05, 0) is 40.2 Å². The molecule has 3 nitrogen and oxygen atoms in total. The summed E-state index contributed by atoms with van der Waals surface area (Å²) in [4.78, 5) is 1.11. The van der Waals surface area contributed by atoms with Gasteiger partial charge in [0.1, 0.15) is 5.75 Å². The van der Waals surface area contributed by atoms with E-state index in [-0.39, 0.29) is 0 Å². The Balaban J connectivity index is 1.93. The van der Waals surface area contributed by atoms with Gasteiger partial charge in [-0.25, -0.2) is 5.10 Å². The summed E-state index contributed by atoms with van der Waals surface area (Å²) < 4.78 is 6.87. The molecule has 0 aliphatic rings. The van der Waals surface area contributed by atoms with Crippen LogP contribution in [0.2, 0.25) is 0 Å². The summed E-state index contributed by atoms with van der Waals surface area (Å²) in [5.41, 5.74) is 0.967. The fourth-order valence-corrected chi connectivity index (χ4v) is 2.99. The molecule has 5 heteroatoms. The molecule has 0 unspecified atom stereocenters. The fourth-order valence-electron chi connectivity index (χ4n) is 1.59. The van der Waals surface area contributed by atoms with Crippen LogP contribution in [0.5, 0.6) is 11.6 Å². The predicted octanol–water partition coefficient (Wildman–Crippen LogP) is 4.69. The lowest BCUT2D eigenvalue weighted by Gasteiger charge is -2.04. The number of rotatable bonds is 3. The van der Waals surface area contributed by atoms with Gasteiger partial charge in [-0.1, -0.05) is 18.2 Å². The zero-order valence-electron chi connectivity index (χ0n) is 9.26. The number of aromatic amines is 1. The number of aromatic nitrogens is 2. The standard InChI is InChI=1S/C13H9BrN2OS/c14-12-7-6-11(18-12)10-8-15-16-13(10)17-9-4-2-1-3-5-9/h1-8H,(H,15,16). The van der Waals surface area contributed by atoms with Crippen LogP contribution in [0, 0.1) is 0 Å². The maximum atomic E-state index is 5.79. The monoisotopic (exact) mass is 320 g/mol. The molecule has 0 amide bonds. The van der Waals surface area contributed by atoms with Gasteiger partial charge in [-0.2, -0.15) is 5.10 Å². The van der Waals surface area contributed by atoms with Crippen LogP contribution in [0.3, 0.4) is 0 Å². The summed E-state index contributed by atoms with van der Waals surface area (Å²) in [6, 6.07) is 13.7. The van der Waals surface area contributed by atoms with Crippen molar-refractivity contribution < 1.29 is 4.74 Å². The zero-order chi connectivity index (χ0) is 12.4. The number of para-hydroxylation sites is 1. The zero-order valence-corrected chi connectivity index (χ0v) is 11.7. The Morgan fingerprint density at radius 3 is 2.67 bits per heavy atom. The van der Waals surface area contributed by atoms with Crippen molar-refractivity contribution in [3.63, 3.8) is 0 Å². The summed E-state index contributed by atoms with van der Waals surface area (Å²) in [6.07, 6.45) is 1.77. The fraction of sp³-hybridized carbons (Fsp3) is 0. The van der Waals surface area contributed by atoms with Gasteiger partial charge >= 0.3 is 0 Å². The lowest BCUT2D eigenvalue weighted by atomic mass is 10.3. The van der Waals surface area contributed by atoms with Gasteiger partial charge in [-0.15, -0.1) is 11.3 Å². The normalized spacial score (nSPS) is 10.5. The van der Waals surface area contributed by atoms with Crippen LogP contribution in [-0.4, -0.2) is 10.2 Å². The minimum absolute atomic E-state index is 0.663. The number of H-pyrrole nitrogens is 1. The third kappa shape index (κ3) is 2.32. The van der Waals surface area contributed by atoms with E-state index in [1.54, 1.807) is 17.5 Å². The second-order valence-corrected chi connectivity index (χ2v) is 6.09. The highest BCUT2D eigenvalue weighted by Crippen LogP contribution is 2.37. The average Bonchev–Trinajstić information content (AvgIpc) is 2.99. The first-order chi connectivity index (χ1) is 8.83. The molecule has 1 N–H and O–H groups in total. The van der Waals surface area contributed by atoms with E-state index in [4.69, 9.17) is 4.74 Å².